The Morgan fingerprint density at radius 2 is 2.10 bits per heavy atom. The summed E-state index contributed by atoms with van der Waals surface area (Å²) in [6.45, 7) is 2.39. The third-order valence-corrected chi connectivity index (χ3v) is 2.75. The van der Waals surface area contributed by atoms with E-state index in [1.165, 1.54) is 17.1 Å². The standard InChI is InChI=1S/C13H11F4N3O/c1-2-20-7-9(6-18-20)19-12(21)10-5-8(13(15,16)17)3-4-11(10)14/h3-7H,2H2,1H3,(H,19,21). The number of aryl methyl sites for hydroxylation is 1. The molecule has 0 radical (unpaired) electrons. The topological polar surface area (TPSA) is 46.9 Å². The number of benzene rings is 1. The Morgan fingerprint density at radius 3 is 2.67 bits per heavy atom. The molecule has 0 spiro atoms. The van der Waals surface area contributed by atoms with E-state index >= 15 is 0 Å². The first-order chi connectivity index (χ1) is 9.81. The van der Waals surface area contributed by atoms with Gasteiger partial charge in [-0.3, -0.25) is 9.48 Å². The molecule has 1 aromatic heterocycles. The summed E-state index contributed by atoms with van der Waals surface area (Å²) in [7, 11) is 0. The lowest BCUT2D eigenvalue weighted by molar-refractivity contribution is -0.137. The van der Waals surface area contributed by atoms with Gasteiger partial charge in [0.15, 0.2) is 0 Å². The molecule has 1 amide bonds. The zero-order valence-corrected chi connectivity index (χ0v) is 10.9. The van der Waals surface area contributed by atoms with E-state index in [9.17, 15) is 22.4 Å². The summed E-state index contributed by atoms with van der Waals surface area (Å²) in [4.78, 5) is 11.9. The van der Waals surface area contributed by atoms with Gasteiger partial charge in [0.1, 0.15) is 5.82 Å². The van der Waals surface area contributed by atoms with Crippen LogP contribution in [0.1, 0.15) is 22.8 Å². The van der Waals surface area contributed by atoms with E-state index in [0.717, 1.165) is 0 Å². The zero-order chi connectivity index (χ0) is 15.6. The summed E-state index contributed by atoms with van der Waals surface area (Å²) in [5.74, 6) is -1.99. The Morgan fingerprint density at radius 1 is 1.38 bits per heavy atom. The maximum atomic E-state index is 13.5. The SMILES string of the molecule is CCn1cc(NC(=O)c2cc(C(F)(F)F)ccc2F)cn1. The van der Waals surface area contributed by atoms with Gasteiger partial charge in [-0.15, -0.1) is 0 Å². The quantitative estimate of drug-likeness (QED) is 0.884. The summed E-state index contributed by atoms with van der Waals surface area (Å²) >= 11 is 0. The summed E-state index contributed by atoms with van der Waals surface area (Å²) in [6, 6.07) is 1.68. The van der Waals surface area contributed by atoms with Crippen LogP contribution in [0.2, 0.25) is 0 Å². The number of amides is 1. The largest absolute Gasteiger partial charge is 0.416 e. The fourth-order valence-corrected chi connectivity index (χ4v) is 1.68. The maximum absolute atomic E-state index is 13.5. The molecule has 2 rings (SSSR count). The van der Waals surface area contributed by atoms with Crippen molar-refractivity contribution in [3.8, 4) is 0 Å². The lowest BCUT2D eigenvalue weighted by atomic mass is 10.1. The first-order valence-electron chi connectivity index (χ1n) is 6.02. The van der Waals surface area contributed by atoms with Gasteiger partial charge in [0.2, 0.25) is 0 Å². The van der Waals surface area contributed by atoms with Crippen molar-refractivity contribution in [3.63, 3.8) is 0 Å². The average Bonchev–Trinajstić information content (AvgIpc) is 2.85. The molecule has 2 aromatic rings. The molecule has 1 heterocycles. The predicted molar refractivity (Wildman–Crippen MR) is 67.3 cm³/mol. The van der Waals surface area contributed by atoms with Gasteiger partial charge >= 0.3 is 6.18 Å². The van der Waals surface area contributed by atoms with Crippen LogP contribution >= 0.6 is 0 Å². The molecule has 0 unspecified atom stereocenters. The fourth-order valence-electron chi connectivity index (χ4n) is 1.68. The van der Waals surface area contributed by atoms with E-state index in [1.54, 1.807) is 0 Å². The molecule has 112 valence electrons. The van der Waals surface area contributed by atoms with Crippen molar-refractivity contribution in [2.75, 3.05) is 5.32 Å². The number of anilines is 1. The van der Waals surface area contributed by atoms with Crippen molar-refractivity contribution < 1.29 is 22.4 Å². The van der Waals surface area contributed by atoms with Gasteiger partial charge in [-0.1, -0.05) is 0 Å². The highest BCUT2D eigenvalue weighted by Crippen LogP contribution is 2.30. The first-order valence-corrected chi connectivity index (χ1v) is 6.02. The van der Waals surface area contributed by atoms with E-state index in [-0.39, 0.29) is 5.69 Å². The molecule has 8 heteroatoms. The number of carbonyl (C=O) groups excluding carboxylic acids is 1. The van der Waals surface area contributed by atoms with Gasteiger partial charge in [-0.2, -0.15) is 18.3 Å². The first kappa shape index (κ1) is 15.0. The molecule has 4 nitrogen and oxygen atoms in total. The van der Waals surface area contributed by atoms with Crippen LogP contribution in [-0.4, -0.2) is 15.7 Å². The highest BCUT2D eigenvalue weighted by atomic mass is 19.4. The molecular formula is C13H11F4N3O. The Hall–Kier alpha value is -2.38. The molecule has 0 atom stereocenters. The van der Waals surface area contributed by atoms with Crippen molar-refractivity contribution in [1.29, 1.82) is 0 Å². The normalized spacial score (nSPS) is 11.5. The Labute approximate surface area is 117 Å². The van der Waals surface area contributed by atoms with Crippen LogP contribution in [0.15, 0.2) is 30.6 Å². The fraction of sp³-hybridized carbons (Fsp3) is 0.231. The molecule has 0 aliphatic carbocycles. The number of nitrogens with one attached hydrogen (secondary N) is 1. The monoisotopic (exact) mass is 301 g/mol. The van der Waals surface area contributed by atoms with Crippen LogP contribution in [-0.2, 0) is 12.7 Å². The van der Waals surface area contributed by atoms with Gasteiger partial charge in [0.05, 0.1) is 23.0 Å². The predicted octanol–water partition coefficient (Wildman–Crippen LogP) is 3.31. The van der Waals surface area contributed by atoms with Gasteiger partial charge in [-0.25, -0.2) is 4.39 Å². The van der Waals surface area contributed by atoms with Crippen LogP contribution in [0.25, 0.3) is 0 Å². The number of nitrogens with zero attached hydrogens (tertiary/aromatic N) is 2. The van der Waals surface area contributed by atoms with E-state index in [2.05, 4.69) is 10.4 Å². The number of carbonyl (C=O) groups is 1. The molecule has 21 heavy (non-hydrogen) atoms. The Kier molecular flexibility index (Phi) is 3.97. The van der Waals surface area contributed by atoms with E-state index in [4.69, 9.17) is 0 Å². The number of hydrogen-bond acceptors (Lipinski definition) is 2. The third kappa shape index (κ3) is 3.39. The van der Waals surface area contributed by atoms with Crippen LogP contribution in [0.4, 0.5) is 23.2 Å². The molecule has 0 saturated heterocycles. The highest BCUT2D eigenvalue weighted by Gasteiger charge is 2.32. The lowest BCUT2D eigenvalue weighted by Gasteiger charge is -2.09. The molecular weight excluding hydrogens is 290 g/mol. The summed E-state index contributed by atoms with van der Waals surface area (Å²) in [6.07, 6.45) is -1.83. The maximum Gasteiger partial charge on any atom is 0.416 e. The molecule has 0 aliphatic rings. The molecule has 0 saturated carbocycles. The smallest absolute Gasteiger partial charge is 0.319 e. The van der Waals surface area contributed by atoms with Gasteiger partial charge in [-0.05, 0) is 25.1 Å². The van der Waals surface area contributed by atoms with E-state index in [1.807, 2.05) is 6.92 Å². The number of hydrogen-bond donors (Lipinski definition) is 1. The molecule has 1 aromatic carbocycles. The van der Waals surface area contributed by atoms with E-state index in [0.29, 0.717) is 24.7 Å². The second kappa shape index (κ2) is 5.55. The summed E-state index contributed by atoms with van der Waals surface area (Å²) < 4.78 is 52.8. The molecule has 1 N–H and O–H groups in total. The minimum Gasteiger partial charge on any atom is -0.319 e. The van der Waals surface area contributed by atoms with Crippen LogP contribution < -0.4 is 5.32 Å². The van der Waals surface area contributed by atoms with Gasteiger partial charge < -0.3 is 5.32 Å². The molecule has 0 bridgehead atoms. The second-order valence-corrected chi connectivity index (χ2v) is 4.23. The van der Waals surface area contributed by atoms with Crippen molar-refractivity contribution >= 4 is 11.6 Å². The number of halogens is 4. The Bertz CT molecular complexity index is 664. The minimum atomic E-state index is -4.64. The summed E-state index contributed by atoms with van der Waals surface area (Å²) in [5.41, 5.74) is -1.48. The molecule has 0 fully saturated rings. The second-order valence-electron chi connectivity index (χ2n) is 4.23. The van der Waals surface area contributed by atoms with Crippen molar-refractivity contribution in [2.24, 2.45) is 0 Å². The Balaban J connectivity index is 2.26. The number of alkyl halides is 3. The van der Waals surface area contributed by atoms with Crippen molar-refractivity contribution in [3.05, 3.63) is 47.5 Å². The zero-order valence-electron chi connectivity index (χ0n) is 10.9. The van der Waals surface area contributed by atoms with Gasteiger partial charge in [0, 0.05) is 12.7 Å². The lowest BCUT2D eigenvalue weighted by Crippen LogP contribution is -2.15. The number of aromatic nitrogens is 2. The minimum absolute atomic E-state index is 0.277. The van der Waals surface area contributed by atoms with Crippen LogP contribution in [0.3, 0.4) is 0 Å². The van der Waals surface area contributed by atoms with Gasteiger partial charge in [0.25, 0.3) is 5.91 Å². The van der Waals surface area contributed by atoms with Crippen molar-refractivity contribution in [1.82, 2.24) is 9.78 Å². The molecule has 0 aliphatic heterocycles. The van der Waals surface area contributed by atoms with E-state index < -0.39 is 29.0 Å². The van der Waals surface area contributed by atoms with Crippen LogP contribution in [0, 0.1) is 5.82 Å². The number of rotatable bonds is 3. The average molecular weight is 301 g/mol. The third-order valence-electron chi connectivity index (χ3n) is 2.75. The van der Waals surface area contributed by atoms with Crippen LogP contribution in [0.5, 0.6) is 0 Å². The summed E-state index contributed by atoms with van der Waals surface area (Å²) in [5, 5.41) is 6.19. The van der Waals surface area contributed by atoms with Crippen molar-refractivity contribution in [2.45, 2.75) is 19.6 Å². The highest BCUT2D eigenvalue weighted by molar-refractivity contribution is 6.04.